The van der Waals surface area contributed by atoms with E-state index in [1.165, 1.54) is 0 Å². The summed E-state index contributed by atoms with van der Waals surface area (Å²) >= 11 is 2.19. The molecule has 174 valence electrons. The van der Waals surface area contributed by atoms with Crippen LogP contribution in [0.5, 0.6) is 0 Å². The van der Waals surface area contributed by atoms with Crippen LogP contribution < -0.4 is 0 Å². The number of benzene rings is 3. The van der Waals surface area contributed by atoms with Crippen molar-refractivity contribution in [3.8, 4) is 0 Å². The van der Waals surface area contributed by atoms with Gasteiger partial charge in [0.25, 0.3) is 0 Å². The first kappa shape index (κ1) is 24.3. The molecule has 3 aromatic rings. The number of ether oxygens (including phenoxy) is 4. The second kappa shape index (κ2) is 12.6. The van der Waals surface area contributed by atoms with Crippen molar-refractivity contribution in [3.63, 3.8) is 0 Å². The van der Waals surface area contributed by atoms with Gasteiger partial charge in [0, 0.05) is 0 Å². The van der Waals surface area contributed by atoms with E-state index in [4.69, 9.17) is 18.9 Å². The molecule has 1 aliphatic rings. The Kier molecular flexibility index (Phi) is 9.28. The fourth-order valence-electron chi connectivity index (χ4n) is 3.81. The number of aliphatic hydroxyl groups excluding tert-OH is 1. The second-order valence-electron chi connectivity index (χ2n) is 8.03. The number of rotatable bonds is 10. The van der Waals surface area contributed by atoms with E-state index in [0.717, 1.165) is 16.7 Å². The van der Waals surface area contributed by atoms with Gasteiger partial charge < -0.3 is 24.1 Å². The number of hydrogen-bond acceptors (Lipinski definition) is 5. The van der Waals surface area contributed by atoms with Gasteiger partial charge >= 0.3 is 0 Å². The number of alkyl halides is 1. The molecule has 1 N–H and O–H groups in total. The van der Waals surface area contributed by atoms with Crippen molar-refractivity contribution in [2.24, 2.45) is 0 Å². The van der Waals surface area contributed by atoms with Gasteiger partial charge in [-0.05, 0) is 16.7 Å². The van der Waals surface area contributed by atoms with E-state index >= 15 is 0 Å². The quantitative estimate of drug-likeness (QED) is 0.283. The number of hydrogen-bond donors (Lipinski definition) is 1. The molecule has 4 rings (SSSR count). The Morgan fingerprint density at radius 1 is 0.667 bits per heavy atom. The molecule has 6 heteroatoms. The SMILES string of the molecule is O[C@H]1O[C@H](COCc2ccccc2)[C@H](OCc2ccccc2)[C@H](OCc2ccccc2)[C@@H]1I. The highest BCUT2D eigenvalue weighted by Gasteiger charge is 2.46. The maximum Gasteiger partial charge on any atom is 0.169 e. The van der Waals surface area contributed by atoms with Crippen LogP contribution >= 0.6 is 22.6 Å². The minimum atomic E-state index is -0.965. The molecule has 0 unspecified atom stereocenters. The molecular weight excluding hydrogens is 531 g/mol. The Hall–Kier alpha value is -1.81. The molecule has 3 aromatic carbocycles. The van der Waals surface area contributed by atoms with Crippen LogP contribution in [-0.4, -0.2) is 40.2 Å². The monoisotopic (exact) mass is 560 g/mol. The highest BCUT2D eigenvalue weighted by atomic mass is 127. The van der Waals surface area contributed by atoms with Crippen molar-refractivity contribution in [2.75, 3.05) is 6.61 Å². The van der Waals surface area contributed by atoms with Gasteiger partial charge in [-0.25, -0.2) is 0 Å². The van der Waals surface area contributed by atoms with Crippen molar-refractivity contribution in [3.05, 3.63) is 108 Å². The number of aliphatic hydroxyl groups is 1. The molecule has 1 heterocycles. The highest BCUT2D eigenvalue weighted by molar-refractivity contribution is 14.1. The predicted molar refractivity (Wildman–Crippen MR) is 135 cm³/mol. The van der Waals surface area contributed by atoms with E-state index in [2.05, 4.69) is 22.6 Å². The van der Waals surface area contributed by atoms with Gasteiger partial charge in [0.1, 0.15) is 18.3 Å². The van der Waals surface area contributed by atoms with Crippen molar-refractivity contribution in [1.82, 2.24) is 0 Å². The van der Waals surface area contributed by atoms with Crippen molar-refractivity contribution >= 4 is 22.6 Å². The van der Waals surface area contributed by atoms with Gasteiger partial charge in [0.05, 0.1) is 30.4 Å². The maximum atomic E-state index is 10.6. The molecule has 5 atom stereocenters. The fraction of sp³-hybridized carbons (Fsp3) is 0.333. The third-order valence-corrected chi connectivity index (χ3v) is 6.88. The fourth-order valence-corrected chi connectivity index (χ4v) is 4.60. The van der Waals surface area contributed by atoms with E-state index in [1.54, 1.807) is 0 Å². The first-order valence-corrected chi connectivity index (χ1v) is 12.4. The Bertz CT molecular complexity index is 941. The molecule has 1 saturated heterocycles. The van der Waals surface area contributed by atoms with Gasteiger partial charge in [-0.3, -0.25) is 0 Å². The summed E-state index contributed by atoms with van der Waals surface area (Å²) in [6.45, 7) is 1.61. The van der Waals surface area contributed by atoms with Crippen LogP contribution in [0.25, 0.3) is 0 Å². The van der Waals surface area contributed by atoms with E-state index in [9.17, 15) is 5.11 Å². The summed E-state index contributed by atoms with van der Waals surface area (Å²) in [4.78, 5) is 0. The van der Waals surface area contributed by atoms with Crippen molar-refractivity contribution in [2.45, 2.75) is 48.3 Å². The topological polar surface area (TPSA) is 57.2 Å². The maximum absolute atomic E-state index is 10.6. The molecule has 0 aromatic heterocycles. The first-order valence-electron chi connectivity index (χ1n) is 11.1. The average molecular weight is 560 g/mol. The van der Waals surface area contributed by atoms with Crippen LogP contribution in [0, 0.1) is 0 Å². The molecule has 5 nitrogen and oxygen atoms in total. The summed E-state index contributed by atoms with van der Waals surface area (Å²) in [5, 5.41) is 10.6. The van der Waals surface area contributed by atoms with E-state index in [0.29, 0.717) is 26.4 Å². The van der Waals surface area contributed by atoms with Crippen LogP contribution in [0.2, 0.25) is 0 Å². The van der Waals surface area contributed by atoms with Gasteiger partial charge in [-0.15, -0.1) is 0 Å². The van der Waals surface area contributed by atoms with E-state index < -0.39 is 18.5 Å². The lowest BCUT2D eigenvalue weighted by Gasteiger charge is -2.42. The second-order valence-corrected chi connectivity index (χ2v) is 9.47. The summed E-state index contributed by atoms with van der Waals surface area (Å²) in [5.74, 6) is 0. The zero-order valence-electron chi connectivity index (χ0n) is 18.3. The van der Waals surface area contributed by atoms with Gasteiger partial charge in [0.15, 0.2) is 6.29 Å². The van der Waals surface area contributed by atoms with Crippen molar-refractivity contribution in [1.29, 1.82) is 0 Å². The van der Waals surface area contributed by atoms with E-state index in [-0.39, 0.29) is 10.0 Å². The van der Waals surface area contributed by atoms with Crippen LogP contribution in [0.4, 0.5) is 0 Å². The van der Waals surface area contributed by atoms with Gasteiger partial charge in [-0.1, -0.05) is 114 Å². The molecule has 33 heavy (non-hydrogen) atoms. The lowest BCUT2D eigenvalue weighted by atomic mass is 10.0. The minimum Gasteiger partial charge on any atom is -0.374 e. The molecule has 1 aliphatic heterocycles. The largest absolute Gasteiger partial charge is 0.374 e. The Labute approximate surface area is 208 Å². The molecule has 0 radical (unpaired) electrons. The summed E-state index contributed by atoms with van der Waals surface area (Å²) in [6.07, 6.45) is -2.17. The van der Waals surface area contributed by atoms with Gasteiger partial charge in [0.2, 0.25) is 0 Å². The summed E-state index contributed by atoms with van der Waals surface area (Å²) in [6, 6.07) is 30.0. The van der Waals surface area contributed by atoms with Gasteiger partial charge in [-0.2, -0.15) is 0 Å². The molecule has 0 aliphatic carbocycles. The zero-order chi connectivity index (χ0) is 22.9. The molecular formula is C27H29IO5. The highest BCUT2D eigenvalue weighted by Crippen LogP contribution is 2.31. The molecule has 0 bridgehead atoms. The zero-order valence-corrected chi connectivity index (χ0v) is 20.5. The molecule has 0 spiro atoms. The minimum absolute atomic E-state index is 0.280. The predicted octanol–water partition coefficient (Wildman–Crippen LogP) is 4.89. The standard InChI is InChI=1S/C27H29IO5/c28-24-26(32-18-22-14-8-3-9-15-22)25(31-17-21-12-6-2-7-13-21)23(33-27(24)29)19-30-16-20-10-4-1-5-11-20/h1-15,23-27,29H,16-19H2/t23-,24+,25+,26-,27+/m1/s1. The normalized spacial score (nSPS) is 25.1. The first-order chi connectivity index (χ1) is 16.2. The Balaban J connectivity index is 1.46. The lowest BCUT2D eigenvalue weighted by molar-refractivity contribution is -0.258. The van der Waals surface area contributed by atoms with Crippen LogP contribution in [0.15, 0.2) is 91.0 Å². The molecule has 1 fully saturated rings. The molecule has 0 amide bonds. The Morgan fingerprint density at radius 3 is 1.64 bits per heavy atom. The van der Waals surface area contributed by atoms with E-state index in [1.807, 2.05) is 91.0 Å². The smallest absolute Gasteiger partial charge is 0.169 e. The van der Waals surface area contributed by atoms with Crippen LogP contribution in [-0.2, 0) is 38.8 Å². The summed E-state index contributed by atoms with van der Waals surface area (Å²) in [5.41, 5.74) is 3.22. The molecule has 0 saturated carbocycles. The average Bonchev–Trinajstić information content (AvgIpc) is 2.86. The summed E-state index contributed by atoms with van der Waals surface area (Å²) in [7, 11) is 0. The van der Waals surface area contributed by atoms with Crippen LogP contribution in [0.1, 0.15) is 16.7 Å². The Morgan fingerprint density at radius 2 is 1.12 bits per heavy atom. The van der Waals surface area contributed by atoms with Crippen molar-refractivity contribution < 1.29 is 24.1 Å². The third kappa shape index (κ3) is 7.09. The lowest BCUT2D eigenvalue weighted by Crippen LogP contribution is -2.58. The van der Waals surface area contributed by atoms with Crippen LogP contribution in [0.3, 0.4) is 0 Å². The summed E-state index contributed by atoms with van der Waals surface area (Å²) < 4.78 is 24.3. The third-order valence-electron chi connectivity index (χ3n) is 5.55. The number of halogens is 1.